The first kappa shape index (κ1) is 33.0. The van der Waals surface area contributed by atoms with E-state index in [1.807, 2.05) is 107 Å². The second-order valence-corrected chi connectivity index (χ2v) is 9.99. The second-order valence-electron chi connectivity index (χ2n) is 9.99. The zero-order valence-corrected chi connectivity index (χ0v) is 25.3. The van der Waals surface area contributed by atoms with Gasteiger partial charge in [0.25, 0.3) is 0 Å². The topological polar surface area (TPSA) is 73.9 Å². The fourth-order valence-corrected chi connectivity index (χ4v) is 3.88. The van der Waals surface area contributed by atoms with E-state index in [9.17, 15) is 9.59 Å². The Labute approximate surface area is 244 Å². The van der Waals surface area contributed by atoms with Crippen molar-refractivity contribution in [1.82, 2.24) is 5.32 Å². The Kier molecular flexibility index (Phi) is 13.6. The van der Waals surface area contributed by atoms with Gasteiger partial charge in [-0.15, -0.1) is 0 Å². The van der Waals surface area contributed by atoms with Crippen LogP contribution >= 0.6 is 0 Å². The zero-order valence-electron chi connectivity index (χ0n) is 25.3. The number of rotatable bonds is 9. The van der Waals surface area contributed by atoms with E-state index in [1.165, 1.54) is 7.11 Å². The van der Waals surface area contributed by atoms with Crippen molar-refractivity contribution in [1.29, 1.82) is 0 Å². The van der Waals surface area contributed by atoms with Crippen LogP contribution in [0.5, 0.6) is 5.75 Å². The Hall–Kier alpha value is -4.16. The summed E-state index contributed by atoms with van der Waals surface area (Å²) in [7, 11) is 3.04. The minimum atomic E-state index is -0.436. The quantitative estimate of drug-likeness (QED) is 0.167. The molecule has 1 atom stereocenters. The van der Waals surface area contributed by atoms with E-state index in [4.69, 9.17) is 14.2 Å². The van der Waals surface area contributed by atoms with Gasteiger partial charge in [-0.05, 0) is 54.5 Å². The number of ether oxygens (including phenoxy) is 3. The first-order valence-corrected chi connectivity index (χ1v) is 13.9. The van der Waals surface area contributed by atoms with Crippen LogP contribution in [-0.4, -0.2) is 32.2 Å². The van der Waals surface area contributed by atoms with Gasteiger partial charge in [-0.3, -0.25) is 9.59 Å². The number of fused-ring (bicyclic) bond motifs is 1. The van der Waals surface area contributed by atoms with Gasteiger partial charge in [-0.25, -0.2) is 0 Å². The molecule has 4 aromatic carbocycles. The monoisotopic (exact) mass is 557 g/mol. The smallest absolute Gasteiger partial charge is 0.307 e. The summed E-state index contributed by atoms with van der Waals surface area (Å²) in [5.74, 6) is 0.457. The van der Waals surface area contributed by atoms with Gasteiger partial charge in [-0.2, -0.15) is 0 Å². The van der Waals surface area contributed by atoms with Gasteiger partial charge < -0.3 is 19.5 Å². The van der Waals surface area contributed by atoms with E-state index < -0.39 is 6.04 Å². The van der Waals surface area contributed by atoms with Crippen LogP contribution in [-0.2, 0) is 25.7 Å². The van der Waals surface area contributed by atoms with Crippen molar-refractivity contribution in [3.05, 3.63) is 102 Å². The van der Waals surface area contributed by atoms with Crippen molar-refractivity contribution in [2.75, 3.05) is 14.2 Å². The van der Waals surface area contributed by atoms with Gasteiger partial charge in [0.15, 0.2) is 0 Å². The molecule has 0 saturated heterocycles. The van der Waals surface area contributed by atoms with Gasteiger partial charge in [0.05, 0.1) is 25.2 Å². The summed E-state index contributed by atoms with van der Waals surface area (Å²) in [5.41, 5.74) is 4.11. The Morgan fingerprint density at radius 1 is 0.829 bits per heavy atom. The molecule has 6 heteroatoms. The molecule has 0 spiro atoms. The largest absolute Gasteiger partial charge is 0.488 e. The molecule has 6 nitrogen and oxygen atoms in total. The van der Waals surface area contributed by atoms with Crippen LogP contribution in [0.25, 0.3) is 21.9 Å². The number of hydrogen-bond donors (Lipinski definition) is 1. The highest BCUT2D eigenvalue weighted by Gasteiger charge is 2.16. The maximum absolute atomic E-state index is 11.7. The Balaban J connectivity index is 0.000000654. The molecule has 0 bridgehead atoms. The van der Waals surface area contributed by atoms with Crippen molar-refractivity contribution in [3.63, 3.8) is 0 Å². The Morgan fingerprint density at radius 3 is 1.98 bits per heavy atom. The van der Waals surface area contributed by atoms with Crippen molar-refractivity contribution in [2.24, 2.45) is 0 Å². The third-order valence-electron chi connectivity index (χ3n) is 6.23. The van der Waals surface area contributed by atoms with E-state index in [0.717, 1.165) is 38.8 Å². The molecule has 0 heterocycles. The average Bonchev–Trinajstić information content (AvgIpc) is 3.01. The normalized spacial score (nSPS) is 11.2. The summed E-state index contributed by atoms with van der Waals surface area (Å²) in [6.07, 6.45) is 0.675. The molecule has 0 fully saturated rings. The minimum Gasteiger partial charge on any atom is -0.488 e. The van der Waals surface area contributed by atoms with Gasteiger partial charge in [-0.1, -0.05) is 98.8 Å². The van der Waals surface area contributed by atoms with E-state index in [2.05, 4.69) is 23.5 Å². The molecule has 0 radical (unpaired) electrons. The fraction of sp³-hybridized carbons (Fsp3) is 0.314. The van der Waals surface area contributed by atoms with E-state index >= 15 is 0 Å². The molecular formula is C35H43NO5. The molecule has 1 amide bonds. The molecular weight excluding hydrogens is 514 g/mol. The lowest BCUT2D eigenvalue weighted by molar-refractivity contribution is -0.141. The number of carbonyl (C=O) groups excluding carboxylic acids is 2. The summed E-state index contributed by atoms with van der Waals surface area (Å²) >= 11 is 0. The fourth-order valence-electron chi connectivity index (χ4n) is 3.88. The number of benzene rings is 4. The third kappa shape index (κ3) is 10.4. The lowest BCUT2D eigenvalue weighted by atomic mass is 9.95. The molecule has 4 aromatic rings. The van der Waals surface area contributed by atoms with Crippen molar-refractivity contribution < 1.29 is 23.8 Å². The summed E-state index contributed by atoms with van der Waals surface area (Å²) in [5, 5.41) is 4.82. The predicted octanol–water partition coefficient (Wildman–Crippen LogP) is 7.89. The van der Waals surface area contributed by atoms with Crippen molar-refractivity contribution in [3.8, 4) is 16.9 Å². The maximum atomic E-state index is 11.7. The lowest BCUT2D eigenvalue weighted by Crippen LogP contribution is -2.23. The molecule has 0 aliphatic carbocycles. The Bertz CT molecular complexity index is 1340. The van der Waals surface area contributed by atoms with Gasteiger partial charge in [0.1, 0.15) is 12.4 Å². The number of methoxy groups -OCH3 is 2. The lowest BCUT2D eigenvalue weighted by Gasteiger charge is -2.16. The van der Waals surface area contributed by atoms with Gasteiger partial charge >= 0.3 is 5.97 Å². The van der Waals surface area contributed by atoms with Crippen LogP contribution in [0.4, 0.5) is 0 Å². The van der Waals surface area contributed by atoms with Crippen LogP contribution in [0.15, 0.2) is 91.0 Å². The first-order chi connectivity index (χ1) is 19.8. The van der Waals surface area contributed by atoms with E-state index in [-0.39, 0.29) is 18.0 Å². The molecule has 0 aliphatic rings. The van der Waals surface area contributed by atoms with E-state index in [1.54, 1.807) is 7.11 Å². The predicted molar refractivity (Wildman–Crippen MR) is 167 cm³/mol. The highest BCUT2D eigenvalue weighted by atomic mass is 16.5. The summed E-state index contributed by atoms with van der Waals surface area (Å²) in [6, 6.07) is 29.7. The summed E-state index contributed by atoms with van der Waals surface area (Å²) in [6.45, 7) is 10.6. The number of esters is 1. The van der Waals surface area contributed by atoms with Crippen molar-refractivity contribution >= 4 is 23.2 Å². The molecule has 4 rings (SSSR count). The molecule has 0 aliphatic heterocycles. The summed E-state index contributed by atoms with van der Waals surface area (Å²) in [4.78, 5) is 22.7. The van der Waals surface area contributed by atoms with Crippen molar-refractivity contribution in [2.45, 2.75) is 59.3 Å². The highest BCUT2D eigenvalue weighted by molar-refractivity contribution is 6.00. The van der Waals surface area contributed by atoms with Crippen LogP contribution in [0.1, 0.15) is 58.2 Å². The van der Waals surface area contributed by atoms with Gasteiger partial charge in [0, 0.05) is 12.5 Å². The zero-order chi connectivity index (χ0) is 30.3. The molecule has 218 valence electrons. The highest BCUT2D eigenvalue weighted by Crippen LogP contribution is 2.35. The number of nitrogens with one attached hydrogen (secondary N) is 1. The molecule has 1 N–H and O–H groups in total. The van der Waals surface area contributed by atoms with Crippen LogP contribution < -0.4 is 10.1 Å². The Morgan fingerprint density at radius 2 is 1.41 bits per heavy atom. The van der Waals surface area contributed by atoms with Crippen LogP contribution in [0.2, 0.25) is 0 Å². The molecule has 0 aromatic heterocycles. The summed E-state index contributed by atoms with van der Waals surface area (Å²) < 4.78 is 15.8. The maximum Gasteiger partial charge on any atom is 0.307 e. The number of hydrogen-bond acceptors (Lipinski definition) is 5. The van der Waals surface area contributed by atoms with Crippen LogP contribution in [0.3, 0.4) is 0 Å². The first-order valence-electron chi connectivity index (χ1n) is 13.9. The minimum absolute atomic E-state index is 0.0417. The number of amides is 1. The standard InChI is InChI=1S/C28H25NO4.C5H12O.C2H6/c1-32-28(31)17-26(29-19-30)22-13-11-21(12-14-22)23-15-16-27(25-10-6-5-9-24(23)25)33-18-20-7-3-2-4-8-20;1-5(2,3)6-4;1-2/h2-16,19,26H,17-18H2,1H3,(H,29,30);1-4H3;1-2H3. The van der Waals surface area contributed by atoms with Crippen LogP contribution in [0, 0.1) is 0 Å². The third-order valence-corrected chi connectivity index (χ3v) is 6.23. The SMILES string of the molecule is CC.COC(=O)CC(NC=O)c1ccc(-c2ccc(OCc3ccccc3)c3ccccc23)cc1.COC(C)(C)C. The van der Waals surface area contributed by atoms with E-state index in [0.29, 0.717) is 13.0 Å². The average molecular weight is 558 g/mol. The second kappa shape index (κ2) is 16.8. The molecule has 0 saturated carbocycles. The number of carbonyl (C=O) groups is 2. The molecule has 41 heavy (non-hydrogen) atoms. The van der Waals surface area contributed by atoms with Gasteiger partial charge in [0.2, 0.25) is 6.41 Å². The molecule has 1 unspecified atom stereocenters.